The Hall–Kier alpha value is -4.27. The Balaban J connectivity index is 1.36. The Labute approximate surface area is 226 Å². The zero-order chi connectivity index (χ0) is 27.7. The lowest BCUT2D eigenvalue weighted by molar-refractivity contribution is -0.144. The molecule has 3 atom stereocenters. The lowest BCUT2D eigenvalue weighted by Crippen LogP contribution is -2.48. The summed E-state index contributed by atoms with van der Waals surface area (Å²) in [6.07, 6.45) is 5.73. The van der Waals surface area contributed by atoms with Crippen LogP contribution in [0.2, 0.25) is 0 Å². The van der Waals surface area contributed by atoms with Gasteiger partial charge >= 0.3 is 5.97 Å². The van der Waals surface area contributed by atoms with Gasteiger partial charge in [0.15, 0.2) is 0 Å². The summed E-state index contributed by atoms with van der Waals surface area (Å²) in [7, 11) is 0. The van der Waals surface area contributed by atoms with Gasteiger partial charge < -0.3 is 20.3 Å². The third kappa shape index (κ3) is 5.21. The number of carbonyl (C=O) groups is 1. The second kappa shape index (κ2) is 10.8. The van der Waals surface area contributed by atoms with Crippen molar-refractivity contribution in [3.8, 4) is 0 Å². The van der Waals surface area contributed by atoms with Crippen molar-refractivity contribution in [2.75, 3.05) is 22.1 Å². The number of ether oxygens (including phenoxy) is 1. The van der Waals surface area contributed by atoms with E-state index < -0.39 is 22.9 Å². The average molecular weight is 528 g/mol. The topological polar surface area (TPSA) is 114 Å². The molecule has 1 fully saturated rings. The molecule has 0 unspecified atom stereocenters. The molecule has 0 amide bonds. The van der Waals surface area contributed by atoms with Crippen molar-refractivity contribution in [3.05, 3.63) is 80.5 Å². The van der Waals surface area contributed by atoms with Crippen LogP contribution in [0.1, 0.15) is 44.9 Å². The van der Waals surface area contributed by atoms with Crippen molar-refractivity contribution in [1.82, 2.24) is 9.97 Å². The average Bonchev–Trinajstić information content (AvgIpc) is 3.25. The zero-order valence-electron chi connectivity index (χ0n) is 22.7. The maximum absolute atomic E-state index is 12.9. The van der Waals surface area contributed by atoms with Gasteiger partial charge in [-0.15, -0.1) is 0 Å². The van der Waals surface area contributed by atoms with Gasteiger partial charge in [-0.25, -0.2) is 9.78 Å². The number of esters is 1. The monoisotopic (exact) mass is 527 g/mol. The molecule has 0 radical (unpaired) electrons. The molecule has 0 aliphatic carbocycles. The number of nitrogens with one attached hydrogen (secondary N) is 2. The fourth-order valence-electron chi connectivity index (χ4n) is 5.42. The summed E-state index contributed by atoms with van der Waals surface area (Å²) >= 11 is 0. The fraction of sp³-hybridized carbons (Fsp3) is 0.367. The summed E-state index contributed by atoms with van der Waals surface area (Å²) in [5, 5.41) is 8.41. The van der Waals surface area contributed by atoms with Gasteiger partial charge in [0.25, 0.3) is 10.9 Å². The maximum Gasteiger partial charge on any atom is 0.328 e. The molecule has 4 aromatic rings. The highest BCUT2D eigenvalue weighted by Crippen LogP contribution is 2.33. The van der Waals surface area contributed by atoms with Crippen LogP contribution in [0.3, 0.4) is 0 Å². The molecule has 0 bridgehead atoms. The fourth-order valence-corrected chi connectivity index (χ4v) is 5.42. The van der Waals surface area contributed by atoms with E-state index in [-0.39, 0.29) is 30.8 Å². The standard InChI is InChI=1S/C30H33N5O4/c1-5-39-30(38)24(34-25-26(28(37)27(25)36)35-18(3)6-7-19(35)4)15-20-8-10-22(11-9-20)33-29-23-16-31-13-12-21(23)14-17(2)32-29/h8-14,16,18-19,24,34H,5-7,15H2,1-4H3,(H,32,33)/t18-,19+,24-/m0/s1. The van der Waals surface area contributed by atoms with Crippen molar-refractivity contribution in [3.63, 3.8) is 0 Å². The quantitative estimate of drug-likeness (QED) is 0.244. The normalized spacial score (nSPS) is 17.9. The third-order valence-electron chi connectivity index (χ3n) is 7.40. The Morgan fingerprint density at radius 2 is 1.82 bits per heavy atom. The number of fused-ring (bicyclic) bond motifs is 1. The van der Waals surface area contributed by atoms with Crippen LogP contribution in [-0.4, -0.2) is 40.7 Å². The van der Waals surface area contributed by atoms with Crippen molar-refractivity contribution < 1.29 is 9.53 Å². The van der Waals surface area contributed by atoms with Gasteiger partial charge in [0, 0.05) is 47.7 Å². The van der Waals surface area contributed by atoms with Crippen LogP contribution in [0.5, 0.6) is 0 Å². The van der Waals surface area contributed by atoms with E-state index in [1.54, 1.807) is 19.3 Å². The summed E-state index contributed by atoms with van der Waals surface area (Å²) in [5.74, 6) is 0.249. The van der Waals surface area contributed by atoms with Gasteiger partial charge in [-0.05, 0) is 75.8 Å². The van der Waals surface area contributed by atoms with Crippen molar-refractivity contribution in [2.45, 2.75) is 65.1 Å². The van der Waals surface area contributed by atoms with Crippen molar-refractivity contribution >= 4 is 39.6 Å². The van der Waals surface area contributed by atoms with Gasteiger partial charge in [-0.3, -0.25) is 14.6 Å². The number of aromatic nitrogens is 2. The van der Waals surface area contributed by atoms with E-state index in [1.807, 2.05) is 62.1 Å². The molecular formula is C30H33N5O4. The van der Waals surface area contributed by atoms with Crippen molar-refractivity contribution in [1.29, 1.82) is 0 Å². The number of aryl methyl sites for hydroxylation is 1. The molecule has 2 aromatic heterocycles. The van der Waals surface area contributed by atoms with E-state index >= 15 is 0 Å². The Morgan fingerprint density at radius 3 is 2.51 bits per heavy atom. The molecule has 5 rings (SSSR count). The first-order chi connectivity index (χ1) is 18.8. The Morgan fingerprint density at radius 1 is 1.10 bits per heavy atom. The van der Waals surface area contributed by atoms with Gasteiger partial charge in [0.2, 0.25) is 0 Å². The zero-order valence-corrected chi connectivity index (χ0v) is 22.7. The highest BCUT2D eigenvalue weighted by atomic mass is 16.5. The lowest BCUT2D eigenvalue weighted by Gasteiger charge is -2.32. The first-order valence-corrected chi connectivity index (χ1v) is 13.4. The van der Waals surface area contributed by atoms with E-state index in [9.17, 15) is 14.4 Å². The second-order valence-electron chi connectivity index (χ2n) is 10.2. The first-order valence-electron chi connectivity index (χ1n) is 13.4. The molecule has 1 aliphatic heterocycles. The number of benzene rings is 1. The minimum atomic E-state index is -0.813. The third-order valence-corrected chi connectivity index (χ3v) is 7.40. The molecular weight excluding hydrogens is 494 g/mol. The highest BCUT2D eigenvalue weighted by molar-refractivity contribution is 5.93. The molecule has 1 aliphatic rings. The van der Waals surface area contributed by atoms with Gasteiger partial charge in [-0.2, -0.15) is 0 Å². The van der Waals surface area contributed by atoms with Crippen LogP contribution in [0.4, 0.5) is 22.9 Å². The SMILES string of the molecule is CCOC(=O)[C@H](Cc1ccc(Nc2nc(C)cc3ccncc23)cc1)Nc1c(N2[C@H](C)CC[C@@H]2C)c(=O)c1=O. The van der Waals surface area contributed by atoms with Crippen molar-refractivity contribution in [2.24, 2.45) is 0 Å². The van der Waals surface area contributed by atoms with Crippen LogP contribution in [0, 0.1) is 6.92 Å². The number of nitrogens with zero attached hydrogens (tertiary/aromatic N) is 3. The Bertz CT molecular complexity index is 1570. The Kier molecular flexibility index (Phi) is 7.32. The summed E-state index contributed by atoms with van der Waals surface area (Å²) in [6.45, 7) is 8.00. The number of pyridine rings is 2. The van der Waals surface area contributed by atoms with Crippen LogP contribution in [0.25, 0.3) is 10.8 Å². The van der Waals surface area contributed by atoms with Crippen LogP contribution < -0.4 is 26.4 Å². The summed E-state index contributed by atoms with van der Waals surface area (Å²) < 4.78 is 5.31. The molecule has 2 aromatic carbocycles. The minimum Gasteiger partial charge on any atom is -0.464 e. The molecule has 3 heterocycles. The van der Waals surface area contributed by atoms with E-state index in [1.165, 1.54) is 0 Å². The van der Waals surface area contributed by atoms with E-state index in [0.29, 0.717) is 5.69 Å². The predicted molar refractivity (Wildman–Crippen MR) is 154 cm³/mol. The molecule has 2 N–H and O–H groups in total. The number of anilines is 4. The van der Waals surface area contributed by atoms with Crippen LogP contribution in [-0.2, 0) is 16.0 Å². The summed E-state index contributed by atoms with van der Waals surface area (Å²) in [5.41, 5.74) is 2.12. The molecule has 9 nitrogen and oxygen atoms in total. The van der Waals surface area contributed by atoms with Gasteiger partial charge in [0.1, 0.15) is 23.2 Å². The number of hydrogen-bond donors (Lipinski definition) is 2. The molecule has 0 saturated carbocycles. The highest BCUT2D eigenvalue weighted by Gasteiger charge is 2.37. The number of carbonyl (C=O) groups excluding carboxylic acids is 1. The maximum atomic E-state index is 12.9. The number of hydrogen-bond acceptors (Lipinski definition) is 9. The smallest absolute Gasteiger partial charge is 0.328 e. The van der Waals surface area contributed by atoms with Crippen LogP contribution in [0.15, 0.2) is 58.4 Å². The van der Waals surface area contributed by atoms with Crippen LogP contribution >= 0.6 is 0 Å². The van der Waals surface area contributed by atoms with E-state index in [4.69, 9.17) is 4.74 Å². The predicted octanol–water partition coefficient (Wildman–Crippen LogP) is 4.24. The minimum absolute atomic E-state index is 0.153. The first kappa shape index (κ1) is 26.3. The molecule has 9 heteroatoms. The molecule has 0 spiro atoms. The van der Waals surface area contributed by atoms with E-state index in [0.717, 1.165) is 46.4 Å². The number of rotatable bonds is 9. The van der Waals surface area contributed by atoms with Gasteiger partial charge in [0.05, 0.1) is 6.61 Å². The lowest BCUT2D eigenvalue weighted by atomic mass is 10.0. The van der Waals surface area contributed by atoms with Gasteiger partial charge in [-0.1, -0.05) is 12.1 Å². The molecule has 202 valence electrons. The summed E-state index contributed by atoms with van der Waals surface area (Å²) in [6, 6.07) is 11.1. The summed E-state index contributed by atoms with van der Waals surface area (Å²) in [4.78, 5) is 48.9. The van der Waals surface area contributed by atoms with E-state index in [2.05, 4.69) is 20.6 Å². The largest absolute Gasteiger partial charge is 0.464 e. The molecule has 1 saturated heterocycles. The second-order valence-corrected chi connectivity index (χ2v) is 10.2. The molecule has 39 heavy (non-hydrogen) atoms.